The number of ether oxygens (including phenoxy) is 2. The Hall–Kier alpha value is -1.72. The molecule has 152 valence electrons. The van der Waals surface area contributed by atoms with Crippen molar-refractivity contribution in [3.8, 4) is 11.5 Å². The lowest BCUT2D eigenvalue weighted by atomic mass is 10.1. The lowest BCUT2D eigenvalue weighted by Gasteiger charge is -2.16. The highest BCUT2D eigenvalue weighted by Gasteiger charge is 2.12. The van der Waals surface area contributed by atoms with Crippen LogP contribution >= 0.6 is 39.1 Å². The zero-order chi connectivity index (χ0) is 20.6. The third kappa shape index (κ3) is 6.38. The number of halogens is 3. The Morgan fingerprint density at radius 2 is 1.59 bits per heavy atom. The standard InChI is InChI=1S/C23H22BrCl2NO2/c1-2-28-22-11-18(14-27-13-16-6-4-3-5-7-16)19(24)12-23(22)29-15-17-8-9-20(25)21(26)10-17/h3-12,27H,2,13-15H2,1H3. The summed E-state index contributed by atoms with van der Waals surface area (Å²) in [6, 6.07) is 19.7. The van der Waals surface area contributed by atoms with Gasteiger partial charge in [0.2, 0.25) is 0 Å². The Balaban J connectivity index is 1.68. The van der Waals surface area contributed by atoms with Gasteiger partial charge in [-0.1, -0.05) is 75.5 Å². The van der Waals surface area contributed by atoms with Gasteiger partial charge >= 0.3 is 0 Å². The molecule has 0 fully saturated rings. The number of hydrogen-bond donors (Lipinski definition) is 1. The van der Waals surface area contributed by atoms with Crippen molar-refractivity contribution in [2.45, 2.75) is 26.6 Å². The second-order valence-electron chi connectivity index (χ2n) is 6.45. The number of rotatable bonds is 9. The molecule has 0 aliphatic rings. The number of benzene rings is 3. The minimum atomic E-state index is 0.370. The fraction of sp³-hybridized carbons (Fsp3) is 0.217. The van der Waals surface area contributed by atoms with Crippen molar-refractivity contribution >= 4 is 39.1 Å². The molecular formula is C23H22BrCl2NO2. The van der Waals surface area contributed by atoms with E-state index in [9.17, 15) is 0 Å². The molecule has 0 unspecified atom stereocenters. The second-order valence-corrected chi connectivity index (χ2v) is 8.12. The van der Waals surface area contributed by atoms with Gasteiger partial charge in [-0.3, -0.25) is 0 Å². The summed E-state index contributed by atoms with van der Waals surface area (Å²) in [7, 11) is 0. The lowest BCUT2D eigenvalue weighted by molar-refractivity contribution is 0.269. The van der Waals surface area contributed by atoms with Crippen LogP contribution in [0.3, 0.4) is 0 Å². The molecule has 29 heavy (non-hydrogen) atoms. The SMILES string of the molecule is CCOc1cc(CNCc2ccccc2)c(Br)cc1OCc1ccc(Cl)c(Cl)c1. The monoisotopic (exact) mass is 493 g/mol. The molecule has 3 nitrogen and oxygen atoms in total. The first-order chi connectivity index (χ1) is 14.1. The zero-order valence-electron chi connectivity index (χ0n) is 16.1. The Morgan fingerprint density at radius 3 is 2.31 bits per heavy atom. The van der Waals surface area contributed by atoms with Crippen LogP contribution in [0.5, 0.6) is 11.5 Å². The van der Waals surface area contributed by atoms with Crippen molar-refractivity contribution in [1.82, 2.24) is 5.32 Å². The Kier molecular flexibility index (Phi) is 8.25. The van der Waals surface area contributed by atoms with Crippen LogP contribution < -0.4 is 14.8 Å². The first-order valence-electron chi connectivity index (χ1n) is 9.33. The lowest BCUT2D eigenvalue weighted by Crippen LogP contribution is -2.13. The number of hydrogen-bond acceptors (Lipinski definition) is 3. The highest BCUT2D eigenvalue weighted by Crippen LogP contribution is 2.35. The Morgan fingerprint density at radius 1 is 0.828 bits per heavy atom. The number of nitrogens with one attached hydrogen (secondary N) is 1. The molecule has 0 saturated carbocycles. The van der Waals surface area contributed by atoms with Gasteiger partial charge in [-0.15, -0.1) is 0 Å². The molecule has 6 heteroatoms. The molecule has 0 heterocycles. The molecule has 3 aromatic carbocycles. The zero-order valence-corrected chi connectivity index (χ0v) is 19.2. The van der Waals surface area contributed by atoms with Crippen LogP contribution in [0, 0.1) is 0 Å². The van der Waals surface area contributed by atoms with Gasteiger partial charge in [0, 0.05) is 17.6 Å². The van der Waals surface area contributed by atoms with Crippen LogP contribution in [0.1, 0.15) is 23.6 Å². The Bertz CT molecular complexity index is 951. The van der Waals surface area contributed by atoms with Crippen LogP contribution in [-0.4, -0.2) is 6.61 Å². The van der Waals surface area contributed by atoms with Crippen molar-refractivity contribution in [3.05, 3.63) is 91.9 Å². The van der Waals surface area contributed by atoms with E-state index in [0.29, 0.717) is 41.3 Å². The molecule has 0 aliphatic heterocycles. The minimum Gasteiger partial charge on any atom is -0.490 e. The van der Waals surface area contributed by atoms with E-state index in [1.54, 1.807) is 12.1 Å². The summed E-state index contributed by atoms with van der Waals surface area (Å²) >= 11 is 15.7. The van der Waals surface area contributed by atoms with Crippen LogP contribution in [0.25, 0.3) is 0 Å². The smallest absolute Gasteiger partial charge is 0.162 e. The van der Waals surface area contributed by atoms with E-state index in [1.165, 1.54) is 5.56 Å². The molecule has 0 aliphatic carbocycles. The topological polar surface area (TPSA) is 30.5 Å². The quantitative estimate of drug-likeness (QED) is 0.346. The van der Waals surface area contributed by atoms with Gasteiger partial charge in [0.15, 0.2) is 11.5 Å². The highest BCUT2D eigenvalue weighted by molar-refractivity contribution is 9.10. The molecule has 0 atom stereocenters. The maximum Gasteiger partial charge on any atom is 0.162 e. The Labute approximate surface area is 190 Å². The predicted molar refractivity (Wildman–Crippen MR) is 123 cm³/mol. The molecule has 0 saturated heterocycles. The largest absolute Gasteiger partial charge is 0.490 e. The summed E-state index contributed by atoms with van der Waals surface area (Å²) < 4.78 is 12.8. The molecule has 3 rings (SSSR count). The molecule has 0 radical (unpaired) electrons. The van der Waals surface area contributed by atoms with Crippen molar-refractivity contribution < 1.29 is 9.47 Å². The molecule has 0 aromatic heterocycles. The second kappa shape index (κ2) is 10.9. The van der Waals surface area contributed by atoms with E-state index < -0.39 is 0 Å². The third-order valence-corrected chi connectivity index (χ3v) is 5.76. The fourth-order valence-electron chi connectivity index (χ4n) is 2.82. The van der Waals surface area contributed by atoms with E-state index in [2.05, 4.69) is 33.4 Å². The summed E-state index contributed by atoms with van der Waals surface area (Å²) in [5, 5.41) is 4.50. The van der Waals surface area contributed by atoms with Crippen LogP contribution in [0.2, 0.25) is 10.0 Å². The van der Waals surface area contributed by atoms with Crippen molar-refractivity contribution in [2.75, 3.05) is 6.61 Å². The third-order valence-electron chi connectivity index (χ3n) is 4.28. The maximum absolute atomic E-state index is 6.09. The van der Waals surface area contributed by atoms with Crippen LogP contribution in [0.15, 0.2) is 65.1 Å². The van der Waals surface area contributed by atoms with Crippen molar-refractivity contribution in [2.24, 2.45) is 0 Å². The molecule has 1 N–H and O–H groups in total. The normalized spacial score (nSPS) is 10.8. The molecule has 0 spiro atoms. The molecular weight excluding hydrogens is 473 g/mol. The van der Waals surface area contributed by atoms with E-state index in [-0.39, 0.29) is 0 Å². The maximum atomic E-state index is 6.09. The first-order valence-corrected chi connectivity index (χ1v) is 10.9. The average Bonchev–Trinajstić information content (AvgIpc) is 2.72. The van der Waals surface area contributed by atoms with Crippen molar-refractivity contribution in [3.63, 3.8) is 0 Å². The summed E-state index contributed by atoms with van der Waals surface area (Å²) in [4.78, 5) is 0. The summed E-state index contributed by atoms with van der Waals surface area (Å²) in [6.07, 6.45) is 0. The van der Waals surface area contributed by atoms with Gasteiger partial charge in [-0.25, -0.2) is 0 Å². The molecule has 0 amide bonds. The van der Waals surface area contributed by atoms with Gasteiger partial charge < -0.3 is 14.8 Å². The summed E-state index contributed by atoms with van der Waals surface area (Å²) in [5.74, 6) is 1.39. The van der Waals surface area contributed by atoms with Gasteiger partial charge in [0.1, 0.15) is 6.61 Å². The van der Waals surface area contributed by atoms with Crippen molar-refractivity contribution in [1.29, 1.82) is 0 Å². The molecule has 0 bridgehead atoms. The van der Waals surface area contributed by atoms with Gasteiger partial charge in [-0.05, 0) is 47.9 Å². The van der Waals surface area contributed by atoms with E-state index in [0.717, 1.165) is 22.1 Å². The van der Waals surface area contributed by atoms with Crippen LogP contribution in [0.4, 0.5) is 0 Å². The van der Waals surface area contributed by atoms with E-state index in [1.807, 2.05) is 43.3 Å². The minimum absolute atomic E-state index is 0.370. The summed E-state index contributed by atoms with van der Waals surface area (Å²) in [6.45, 7) is 4.39. The van der Waals surface area contributed by atoms with E-state index >= 15 is 0 Å². The van der Waals surface area contributed by atoms with Gasteiger partial charge in [0.25, 0.3) is 0 Å². The fourth-order valence-corrected chi connectivity index (χ4v) is 3.60. The van der Waals surface area contributed by atoms with Gasteiger partial charge in [-0.2, -0.15) is 0 Å². The van der Waals surface area contributed by atoms with Crippen LogP contribution in [-0.2, 0) is 19.7 Å². The summed E-state index contributed by atoms with van der Waals surface area (Å²) in [5.41, 5.74) is 3.29. The predicted octanol–water partition coefficient (Wildman–Crippen LogP) is 7.02. The van der Waals surface area contributed by atoms with Gasteiger partial charge in [0.05, 0.1) is 16.7 Å². The average molecular weight is 495 g/mol. The first kappa shape index (κ1) is 22.0. The van der Waals surface area contributed by atoms with E-state index in [4.69, 9.17) is 32.7 Å². The highest BCUT2D eigenvalue weighted by atomic mass is 79.9. The molecule has 3 aromatic rings.